The summed E-state index contributed by atoms with van der Waals surface area (Å²) in [4.78, 5) is 24.7. The minimum atomic E-state index is -1.26. The molecule has 0 saturated carbocycles. The fraction of sp³-hybridized carbons (Fsp3) is 0.300. The molecule has 16 heavy (non-hydrogen) atoms. The highest BCUT2D eigenvalue weighted by Crippen LogP contribution is 2.17. The second-order valence-corrected chi connectivity index (χ2v) is 3.13. The molecule has 5 nitrogen and oxygen atoms in total. The summed E-state index contributed by atoms with van der Waals surface area (Å²) < 4.78 is 13.4. The fourth-order valence-corrected chi connectivity index (χ4v) is 1.30. The Balaban J connectivity index is 3.07. The Morgan fingerprint density at radius 3 is 2.88 bits per heavy atom. The van der Waals surface area contributed by atoms with Gasteiger partial charge in [0.05, 0.1) is 11.7 Å². The second kappa shape index (κ2) is 5.20. The van der Waals surface area contributed by atoms with Crippen molar-refractivity contribution in [1.29, 1.82) is 0 Å². The van der Waals surface area contributed by atoms with Gasteiger partial charge in [-0.05, 0) is 18.6 Å². The molecule has 0 saturated heterocycles. The summed E-state index contributed by atoms with van der Waals surface area (Å²) in [5, 5.41) is 10.7. The summed E-state index contributed by atoms with van der Waals surface area (Å²) in [6.07, 6.45) is -0.431. The van der Waals surface area contributed by atoms with Gasteiger partial charge in [-0.1, -0.05) is 6.92 Å². The van der Waals surface area contributed by atoms with E-state index in [4.69, 9.17) is 5.11 Å². The molecule has 86 valence electrons. The molecule has 1 rings (SSSR count). The average molecular weight is 226 g/mol. The number of hydrogen-bond donors (Lipinski definition) is 2. The monoisotopic (exact) mass is 226 g/mol. The third kappa shape index (κ3) is 2.75. The van der Waals surface area contributed by atoms with Crippen molar-refractivity contribution < 1.29 is 19.1 Å². The van der Waals surface area contributed by atoms with Crippen molar-refractivity contribution in [3.63, 3.8) is 0 Å². The van der Waals surface area contributed by atoms with E-state index in [1.54, 1.807) is 6.92 Å². The second-order valence-electron chi connectivity index (χ2n) is 3.13. The van der Waals surface area contributed by atoms with Crippen LogP contribution in [0.1, 0.15) is 35.6 Å². The van der Waals surface area contributed by atoms with Crippen LogP contribution in [0.3, 0.4) is 0 Å². The Hall–Kier alpha value is -1.98. The molecule has 0 fully saturated rings. The minimum absolute atomic E-state index is 0.0606. The topological polar surface area (TPSA) is 79.3 Å². The SMILES string of the molecule is CCC(NC(=O)O)c1nc(C=O)ccc1F. The van der Waals surface area contributed by atoms with E-state index in [9.17, 15) is 14.0 Å². The predicted molar refractivity (Wildman–Crippen MR) is 53.8 cm³/mol. The Morgan fingerprint density at radius 1 is 1.69 bits per heavy atom. The minimum Gasteiger partial charge on any atom is -0.465 e. The zero-order valence-electron chi connectivity index (χ0n) is 8.61. The molecule has 1 atom stereocenters. The molecule has 2 N–H and O–H groups in total. The third-order valence-corrected chi connectivity index (χ3v) is 2.05. The van der Waals surface area contributed by atoms with Crippen LogP contribution in [0.4, 0.5) is 9.18 Å². The van der Waals surface area contributed by atoms with Gasteiger partial charge >= 0.3 is 6.09 Å². The summed E-state index contributed by atoms with van der Waals surface area (Å²) in [5.74, 6) is -0.633. The highest BCUT2D eigenvalue weighted by Gasteiger charge is 2.18. The van der Waals surface area contributed by atoms with Crippen LogP contribution >= 0.6 is 0 Å². The Bertz CT molecular complexity index is 409. The molecule has 0 aliphatic rings. The molecule has 0 radical (unpaired) electrons. The standard InChI is InChI=1S/C10H11FN2O3/c1-2-8(13-10(15)16)9-7(11)4-3-6(5-14)12-9/h3-5,8,13H,2H2,1H3,(H,15,16). The van der Waals surface area contributed by atoms with E-state index in [2.05, 4.69) is 10.3 Å². The smallest absolute Gasteiger partial charge is 0.405 e. The van der Waals surface area contributed by atoms with Crippen LogP contribution in [-0.4, -0.2) is 22.5 Å². The van der Waals surface area contributed by atoms with Crippen LogP contribution in [0, 0.1) is 5.82 Å². The van der Waals surface area contributed by atoms with Gasteiger partial charge in [0.15, 0.2) is 6.29 Å². The molecule has 1 unspecified atom stereocenters. The number of aromatic nitrogens is 1. The molecular formula is C10H11FN2O3. The molecule has 0 aromatic carbocycles. The number of nitrogens with one attached hydrogen (secondary N) is 1. The average Bonchev–Trinajstić information content (AvgIpc) is 2.26. The van der Waals surface area contributed by atoms with Crippen molar-refractivity contribution >= 4 is 12.4 Å². The number of halogens is 1. The van der Waals surface area contributed by atoms with Crippen molar-refractivity contribution in [3.05, 3.63) is 29.3 Å². The first kappa shape index (κ1) is 12.1. The number of aldehydes is 1. The van der Waals surface area contributed by atoms with Crippen LogP contribution in [0.5, 0.6) is 0 Å². The number of hydrogen-bond acceptors (Lipinski definition) is 3. The normalized spacial score (nSPS) is 11.9. The lowest BCUT2D eigenvalue weighted by Crippen LogP contribution is -2.28. The van der Waals surface area contributed by atoms with Gasteiger partial charge in [-0.3, -0.25) is 4.79 Å². The maximum Gasteiger partial charge on any atom is 0.405 e. The largest absolute Gasteiger partial charge is 0.465 e. The van der Waals surface area contributed by atoms with Gasteiger partial charge in [-0.2, -0.15) is 0 Å². The van der Waals surface area contributed by atoms with Crippen LogP contribution in [0.15, 0.2) is 12.1 Å². The summed E-state index contributed by atoms with van der Waals surface area (Å²) in [6, 6.07) is 1.58. The van der Waals surface area contributed by atoms with Crippen molar-refractivity contribution in [2.75, 3.05) is 0 Å². The van der Waals surface area contributed by atoms with E-state index in [1.807, 2.05) is 0 Å². The summed E-state index contributed by atoms with van der Waals surface area (Å²) in [5.41, 5.74) is 0.0107. The molecule has 1 aromatic heterocycles. The van der Waals surface area contributed by atoms with Crippen LogP contribution < -0.4 is 5.32 Å². The van der Waals surface area contributed by atoms with Gasteiger partial charge < -0.3 is 10.4 Å². The first-order chi connectivity index (χ1) is 7.58. The van der Waals surface area contributed by atoms with E-state index >= 15 is 0 Å². The number of carbonyl (C=O) groups is 2. The van der Waals surface area contributed by atoms with E-state index in [1.165, 1.54) is 6.07 Å². The Kier molecular flexibility index (Phi) is 3.93. The van der Waals surface area contributed by atoms with E-state index < -0.39 is 18.0 Å². The van der Waals surface area contributed by atoms with Crippen molar-refractivity contribution in [2.24, 2.45) is 0 Å². The number of amides is 1. The van der Waals surface area contributed by atoms with E-state index in [-0.39, 0.29) is 11.4 Å². The van der Waals surface area contributed by atoms with Gasteiger partial charge in [0.25, 0.3) is 0 Å². The molecule has 0 aliphatic heterocycles. The molecule has 1 aromatic rings. The van der Waals surface area contributed by atoms with Crippen LogP contribution in [-0.2, 0) is 0 Å². The quantitative estimate of drug-likeness (QED) is 0.766. The van der Waals surface area contributed by atoms with Crippen LogP contribution in [0.2, 0.25) is 0 Å². The van der Waals surface area contributed by atoms with E-state index in [0.29, 0.717) is 12.7 Å². The van der Waals surface area contributed by atoms with Crippen LogP contribution in [0.25, 0.3) is 0 Å². The highest BCUT2D eigenvalue weighted by molar-refractivity contribution is 5.71. The molecule has 0 bridgehead atoms. The lowest BCUT2D eigenvalue weighted by molar-refractivity contribution is 0.111. The molecule has 0 aliphatic carbocycles. The first-order valence-corrected chi connectivity index (χ1v) is 4.69. The summed E-state index contributed by atoms with van der Waals surface area (Å²) in [7, 11) is 0. The molecular weight excluding hydrogens is 215 g/mol. The van der Waals surface area contributed by atoms with Gasteiger partial charge in [0, 0.05) is 0 Å². The van der Waals surface area contributed by atoms with Gasteiger partial charge in [-0.25, -0.2) is 14.2 Å². The Labute approximate surface area is 91.3 Å². The van der Waals surface area contributed by atoms with Crippen molar-refractivity contribution in [1.82, 2.24) is 10.3 Å². The molecule has 1 heterocycles. The van der Waals surface area contributed by atoms with Gasteiger partial charge in [-0.15, -0.1) is 0 Å². The zero-order chi connectivity index (χ0) is 12.1. The maximum atomic E-state index is 13.4. The number of carboxylic acid groups (broad SMARTS) is 1. The third-order valence-electron chi connectivity index (χ3n) is 2.05. The number of rotatable bonds is 4. The number of nitrogens with zero attached hydrogens (tertiary/aromatic N) is 1. The molecule has 1 amide bonds. The maximum absolute atomic E-state index is 13.4. The lowest BCUT2D eigenvalue weighted by Gasteiger charge is -2.14. The fourth-order valence-electron chi connectivity index (χ4n) is 1.30. The number of pyridine rings is 1. The Morgan fingerprint density at radius 2 is 2.38 bits per heavy atom. The van der Waals surface area contributed by atoms with Gasteiger partial charge in [0.1, 0.15) is 11.5 Å². The predicted octanol–water partition coefficient (Wildman–Crippen LogP) is 1.75. The summed E-state index contributed by atoms with van der Waals surface area (Å²) in [6.45, 7) is 1.69. The van der Waals surface area contributed by atoms with Crippen molar-refractivity contribution in [2.45, 2.75) is 19.4 Å². The molecule has 6 heteroatoms. The summed E-state index contributed by atoms with van der Waals surface area (Å²) >= 11 is 0. The molecule has 0 spiro atoms. The number of carbonyl (C=O) groups excluding carboxylic acids is 1. The lowest BCUT2D eigenvalue weighted by atomic mass is 10.1. The van der Waals surface area contributed by atoms with E-state index in [0.717, 1.165) is 6.07 Å². The highest BCUT2D eigenvalue weighted by atomic mass is 19.1. The van der Waals surface area contributed by atoms with Crippen molar-refractivity contribution in [3.8, 4) is 0 Å². The van der Waals surface area contributed by atoms with Gasteiger partial charge in [0.2, 0.25) is 0 Å². The first-order valence-electron chi connectivity index (χ1n) is 4.69. The zero-order valence-corrected chi connectivity index (χ0v) is 8.61.